The Kier molecular flexibility index (Phi) is 5.23. The van der Waals surface area contributed by atoms with E-state index >= 15 is 0 Å². The normalized spacial score (nSPS) is 12.3. The second-order valence-corrected chi connectivity index (χ2v) is 14.0. The molecule has 0 bridgehead atoms. The van der Waals surface area contributed by atoms with Crippen LogP contribution in [0.1, 0.15) is 0 Å². The molecule has 0 amide bonds. The number of benzene rings is 9. The lowest BCUT2D eigenvalue weighted by molar-refractivity contribution is 1.55. The maximum absolute atomic E-state index is 3.78. The molecular formula is C48H29N3. The summed E-state index contributed by atoms with van der Waals surface area (Å²) >= 11 is 0. The lowest BCUT2D eigenvalue weighted by atomic mass is 9.95. The Balaban J connectivity index is 0.975. The predicted molar refractivity (Wildman–Crippen MR) is 218 cm³/mol. The summed E-state index contributed by atoms with van der Waals surface area (Å²) in [5, 5.41) is 15.1. The van der Waals surface area contributed by atoms with Gasteiger partial charge in [0.15, 0.2) is 0 Å². The number of para-hydroxylation sites is 1. The molecule has 0 aliphatic carbocycles. The fraction of sp³-hybridized carbons (Fsp3) is 0. The first-order valence-corrected chi connectivity index (χ1v) is 17.6. The minimum atomic E-state index is 1.15. The monoisotopic (exact) mass is 647 g/mol. The molecule has 0 aliphatic rings. The number of H-pyrrole nitrogens is 3. The lowest BCUT2D eigenvalue weighted by Crippen LogP contribution is -1.83. The van der Waals surface area contributed by atoms with E-state index in [4.69, 9.17) is 0 Å². The van der Waals surface area contributed by atoms with Crippen molar-refractivity contribution in [3.05, 3.63) is 158 Å². The molecule has 3 N–H and O–H groups in total. The van der Waals surface area contributed by atoms with Crippen molar-refractivity contribution in [3.63, 3.8) is 0 Å². The molecule has 3 aromatic heterocycles. The molecule has 0 atom stereocenters. The molecule has 9 aromatic carbocycles. The molecule has 12 rings (SSSR count). The van der Waals surface area contributed by atoms with Crippen LogP contribution in [-0.4, -0.2) is 15.0 Å². The zero-order valence-corrected chi connectivity index (χ0v) is 27.5. The molecule has 0 saturated carbocycles. The smallest absolute Gasteiger partial charge is 0.0544 e. The van der Waals surface area contributed by atoms with Crippen LogP contribution in [0.25, 0.3) is 120 Å². The second-order valence-electron chi connectivity index (χ2n) is 14.0. The molecule has 0 radical (unpaired) electrons. The van der Waals surface area contributed by atoms with E-state index in [1.807, 2.05) is 0 Å². The molecule has 0 unspecified atom stereocenters. The van der Waals surface area contributed by atoms with Gasteiger partial charge < -0.3 is 15.0 Å². The Labute approximate surface area is 291 Å². The molecule has 236 valence electrons. The SMILES string of the molecule is c1ccc2c(c1)ccc1[nH]c3ccc(-c4ccc5cc6c(cc5c4)[nH]c4cc(-c5cccc7c5ccc5c8ccccc8[nH]c75)ccc46)cc3c12. The van der Waals surface area contributed by atoms with Crippen molar-refractivity contribution in [2.75, 3.05) is 0 Å². The summed E-state index contributed by atoms with van der Waals surface area (Å²) in [7, 11) is 0. The van der Waals surface area contributed by atoms with E-state index < -0.39 is 0 Å². The Bertz CT molecular complexity index is 3430. The van der Waals surface area contributed by atoms with Crippen molar-refractivity contribution in [1.82, 2.24) is 15.0 Å². The van der Waals surface area contributed by atoms with Gasteiger partial charge in [-0.15, -0.1) is 0 Å². The average molecular weight is 648 g/mol. The summed E-state index contributed by atoms with van der Waals surface area (Å²) in [4.78, 5) is 11.1. The summed E-state index contributed by atoms with van der Waals surface area (Å²) in [5.74, 6) is 0. The number of hydrogen-bond donors (Lipinski definition) is 3. The zero-order chi connectivity index (χ0) is 33.2. The summed E-state index contributed by atoms with van der Waals surface area (Å²) in [5.41, 5.74) is 11.9. The number of aromatic nitrogens is 3. The van der Waals surface area contributed by atoms with Crippen LogP contribution in [0.4, 0.5) is 0 Å². The van der Waals surface area contributed by atoms with E-state index in [9.17, 15) is 0 Å². The van der Waals surface area contributed by atoms with Crippen molar-refractivity contribution < 1.29 is 0 Å². The van der Waals surface area contributed by atoms with Gasteiger partial charge in [0, 0.05) is 65.3 Å². The number of aromatic amines is 3. The Morgan fingerprint density at radius 3 is 1.92 bits per heavy atom. The van der Waals surface area contributed by atoms with Crippen molar-refractivity contribution in [2.24, 2.45) is 0 Å². The van der Waals surface area contributed by atoms with Gasteiger partial charge in [-0.1, -0.05) is 109 Å². The van der Waals surface area contributed by atoms with E-state index in [0.717, 1.165) is 11.0 Å². The number of fused-ring (bicyclic) bond motifs is 14. The fourth-order valence-electron chi connectivity index (χ4n) is 8.78. The van der Waals surface area contributed by atoms with Crippen LogP contribution in [-0.2, 0) is 0 Å². The Morgan fingerprint density at radius 1 is 0.275 bits per heavy atom. The van der Waals surface area contributed by atoms with E-state index in [0.29, 0.717) is 0 Å². The third-order valence-electron chi connectivity index (χ3n) is 11.2. The van der Waals surface area contributed by atoms with Crippen molar-refractivity contribution in [1.29, 1.82) is 0 Å². The molecule has 3 heterocycles. The minimum Gasteiger partial charge on any atom is -0.354 e. The summed E-state index contributed by atoms with van der Waals surface area (Å²) < 4.78 is 0. The van der Waals surface area contributed by atoms with Gasteiger partial charge in [-0.25, -0.2) is 0 Å². The number of rotatable bonds is 2. The first-order chi connectivity index (χ1) is 25.2. The highest BCUT2D eigenvalue weighted by atomic mass is 14.7. The molecule has 12 aromatic rings. The van der Waals surface area contributed by atoms with Gasteiger partial charge in [-0.05, 0) is 97.7 Å². The summed E-state index contributed by atoms with van der Waals surface area (Å²) in [6.45, 7) is 0. The van der Waals surface area contributed by atoms with Crippen LogP contribution in [0.15, 0.2) is 158 Å². The van der Waals surface area contributed by atoms with Crippen molar-refractivity contribution >= 4 is 97.7 Å². The van der Waals surface area contributed by atoms with E-state index in [2.05, 4.69) is 173 Å². The molecule has 0 aliphatic heterocycles. The standard InChI is InChI=1S/C48H29N3/c1-2-7-34-27(6-1)15-21-44-47(34)41-24-29(16-20-43(41)49-44)28-12-13-30-23-40-37-17-14-31(25-45(37)50-46(40)26-32(30)22-28)33-9-5-10-38-35(33)18-19-39-36-8-3-4-11-42(36)51-48(38)39/h1-26,49-51H. The quantitative estimate of drug-likeness (QED) is 0.167. The van der Waals surface area contributed by atoms with Crippen LogP contribution in [0.3, 0.4) is 0 Å². The third-order valence-corrected chi connectivity index (χ3v) is 11.2. The fourth-order valence-corrected chi connectivity index (χ4v) is 8.78. The molecular weight excluding hydrogens is 619 g/mol. The highest BCUT2D eigenvalue weighted by Crippen LogP contribution is 2.39. The third kappa shape index (κ3) is 3.83. The average Bonchev–Trinajstić information content (AvgIpc) is 3.87. The van der Waals surface area contributed by atoms with Crippen LogP contribution in [0.5, 0.6) is 0 Å². The van der Waals surface area contributed by atoms with E-state index in [1.165, 1.54) is 109 Å². The maximum atomic E-state index is 3.78. The second kappa shape index (κ2) is 9.87. The number of hydrogen-bond acceptors (Lipinski definition) is 0. The first kappa shape index (κ1) is 27.0. The van der Waals surface area contributed by atoms with Gasteiger partial charge in [0.05, 0.1) is 5.52 Å². The zero-order valence-electron chi connectivity index (χ0n) is 27.5. The molecule has 0 spiro atoms. The first-order valence-electron chi connectivity index (χ1n) is 17.6. The molecule has 3 heteroatoms. The van der Waals surface area contributed by atoms with Crippen LogP contribution >= 0.6 is 0 Å². The topological polar surface area (TPSA) is 47.4 Å². The van der Waals surface area contributed by atoms with Crippen LogP contribution in [0.2, 0.25) is 0 Å². The molecule has 0 saturated heterocycles. The Hall–Kier alpha value is -6.84. The van der Waals surface area contributed by atoms with Gasteiger partial charge in [0.2, 0.25) is 0 Å². The molecule has 3 nitrogen and oxygen atoms in total. The lowest BCUT2D eigenvalue weighted by Gasteiger charge is -2.08. The maximum Gasteiger partial charge on any atom is 0.0544 e. The van der Waals surface area contributed by atoms with Crippen molar-refractivity contribution in [2.45, 2.75) is 0 Å². The van der Waals surface area contributed by atoms with Gasteiger partial charge in [0.1, 0.15) is 0 Å². The Morgan fingerprint density at radius 2 is 0.941 bits per heavy atom. The van der Waals surface area contributed by atoms with Gasteiger partial charge in [-0.3, -0.25) is 0 Å². The summed E-state index contributed by atoms with van der Waals surface area (Å²) in [6, 6.07) is 58.0. The predicted octanol–water partition coefficient (Wildman–Crippen LogP) is 13.4. The van der Waals surface area contributed by atoms with E-state index in [-0.39, 0.29) is 0 Å². The number of nitrogens with one attached hydrogen (secondary N) is 3. The van der Waals surface area contributed by atoms with Gasteiger partial charge in [-0.2, -0.15) is 0 Å². The minimum absolute atomic E-state index is 1.15. The van der Waals surface area contributed by atoms with Gasteiger partial charge >= 0.3 is 0 Å². The highest BCUT2D eigenvalue weighted by Gasteiger charge is 2.14. The van der Waals surface area contributed by atoms with Gasteiger partial charge in [0.25, 0.3) is 0 Å². The molecule has 0 fully saturated rings. The molecule has 51 heavy (non-hydrogen) atoms. The highest BCUT2D eigenvalue weighted by molar-refractivity contribution is 6.22. The largest absolute Gasteiger partial charge is 0.354 e. The van der Waals surface area contributed by atoms with Crippen LogP contribution in [0, 0.1) is 0 Å². The summed E-state index contributed by atoms with van der Waals surface area (Å²) in [6.07, 6.45) is 0. The van der Waals surface area contributed by atoms with Crippen molar-refractivity contribution in [3.8, 4) is 22.3 Å². The van der Waals surface area contributed by atoms with Crippen LogP contribution < -0.4 is 0 Å². The van der Waals surface area contributed by atoms with E-state index in [1.54, 1.807) is 0 Å².